The number of imidazole rings is 1. The van der Waals surface area contributed by atoms with E-state index in [-0.39, 0.29) is 40.7 Å². The molecule has 1 saturated carbocycles. The van der Waals surface area contributed by atoms with Crippen molar-refractivity contribution in [1.29, 1.82) is 0 Å². The van der Waals surface area contributed by atoms with Gasteiger partial charge < -0.3 is 15.4 Å². The molecule has 0 bridgehead atoms. The van der Waals surface area contributed by atoms with Crippen LogP contribution in [0.4, 0.5) is 19.0 Å². The number of methoxy groups -OCH3 is 1. The van der Waals surface area contributed by atoms with Crippen molar-refractivity contribution in [3.05, 3.63) is 71.6 Å². The number of anilines is 1. The van der Waals surface area contributed by atoms with Crippen molar-refractivity contribution in [1.82, 2.24) is 24.3 Å². The Kier molecular flexibility index (Phi) is 6.22. The summed E-state index contributed by atoms with van der Waals surface area (Å²) < 4.78 is 47.0. The van der Waals surface area contributed by atoms with Crippen LogP contribution < -0.4 is 10.5 Å². The van der Waals surface area contributed by atoms with E-state index < -0.39 is 17.5 Å². The number of amides is 1. The second-order valence-corrected chi connectivity index (χ2v) is 11.8. The largest absolute Gasteiger partial charge is 0.496 e. The quantitative estimate of drug-likeness (QED) is 0.311. The number of pyridine rings is 1. The highest BCUT2D eigenvalue weighted by atomic mass is 19.4. The number of carbonyl (C=O) groups is 2. The Morgan fingerprint density at radius 2 is 1.95 bits per heavy atom. The second-order valence-electron chi connectivity index (χ2n) is 11.8. The second kappa shape index (κ2) is 9.78. The number of ether oxygens (including phenoxy) is 1. The van der Waals surface area contributed by atoms with E-state index in [4.69, 9.17) is 15.5 Å². The topological polar surface area (TPSA) is 116 Å². The first-order valence-corrected chi connectivity index (χ1v) is 14.3. The zero-order chi connectivity index (χ0) is 30.1. The van der Waals surface area contributed by atoms with Crippen LogP contribution in [0.25, 0.3) is 16.8 Å². The van der Waals surface area contributed by atoms with E-state index in [2.05, 4.69) is 9.97 Å². The fourth-order valence-corrected chi connectivity index (χ4v) is 6.75. The van der Waals surface area contributed by atoms with Gasteiger partial charge in [0, 0.05) is 53.9 Å². The molecule has 2 atom stereocenters. The van der Waals surface area contributed by atoms with E-state index in [0.717, 1.165) is 56.3 Å². The molecule has 9 nitrogen and oxygen atoms in total. The number of nitrogen functional groups attached to an aromatic ring is 1. The van der Waals surface area contributed by atoms with Gasteiger partial charge in [-0.25, -0.2) is 9.97 Å². The van der Waals surface area contributed by atoms with Crippen molar-refractivity contribution in [3.8, 4) is 17.0 Å². The smallest absolute Gasteiger partial charge is 0.416 e. The Morgan fingerprint density at radius 1 is 1.14 bits per heavy atom. The third-order valence-electron chi connectivity index (χ3n) is 9.14. The summed E-state index contributed by atoms with van der Waals surface area (Å²) in [5.74, 6) is 1.27. The van der Waals surface area contributed by atoms with Crippen LogP contribution >= 0.6 is 0 Å². The summed E-state index contributed by atoms with van der Waals surface area (Å²) in [6.45, 7) is 0.597. The SMILES string of the molecule is COc1cc(C(=O)Cc2cc(C(F)(F)F)ccn2)ccc1-c1nc([C@H]2CC[C@@H]3CC4(CC4)C(=O)N3C2)n2ccnc(N)c12. The van der Waals surface area contributed by atoms with Crippen molar-refractivity contribution in [2.45, 2.75) is 56.7 Å². The molecule has 2 N–H and O–H groups in total. The number of hydrogen-bond donors (Lipinski definition) is 1. The van der Waals surface area contributed by atoms with Gasteiger partial charge in [0.2, 0.25) is 5.91 Å². The van der Waals surface area contributed by atoms with Crippen molar-refractivity contribution < 1.29 is 27.5 Å². The lowest BCUT2D eigenvalue weighted by molar-refractivity contribution is -0.137. The first-order chi connectivity index (χ1) is 20.6. The minimum Gasteiger partial charge on any atom is -0.496 e. The average molecular weight is 591 g/mol. The first-order valence-electron chi connectivity index (χ1n) is 14.3. The number of ketones is 1. The van der Waals surface area contributed by atoms with Crippen molar-refractivity contribution in [3.63, 3.8) is 0 Å². The number of hydrogen-bond acceptors (Lipinski definition) is 7. The summed E-state index contributed by atoms with van der Waals surface area (Å²) in [4.78, 5) is 41.6. The summed E-state index contributed by atoms with van der Waals surface area (Å²) >= 11 is 0. The molecule has 3 aliphatic rings. The van der Waals surface area contributed by atoms with Gasteiger partial charge in [-0.1, -0.05) is 6.07 Å². The monoisotopic (exact) mass is 590 g/mol. The Morgan fingerprint density at radius 3 is 2.70 bits per heavy atom. The number of halogens is 3. The van der Waals surface area contributed by atoms with Crippen molar-refractivity contribution in [2.75, 3.05) is 19.4 Å². The van der Waals surface area contributed by atoms with Crippen LogP contribution in [-0.4, -0.2) is 55.6 Å². The van der Waals surface area contributed by atoms with Gasteiger partial charge in [0.25, 0.3) is 0 Å². The third-order valence-corrected chi connectivity index (χ3v) is 9.14. The number of aromatic nitrogens is 4. The fourth-order valence-electron chi connectivity index (χ4n) is 6.75. The number of alkyl halides is 3. The lowest BCUT2D eigenvalue weighted by atomic mass is 9.91. The van der Waals surface area contributed by atoms with Crippen LogP contribution in [0.2, 0.25) is 0 Å². The number of fused-ring (bicyclic) bond motifs is 2. The van der Waals surface area contributed by atoms with E-state index in [1.165, 1.54) is 7.11 Å². The predicted molar refractivity (Wildman–Crippen MR) is 150 cm³/mol. The summed E-state index contributed by atoms with van der Waals surface area (Å²) in [7, 11) is 1.47. The standard InChI is InChI=1S/C31H29F3N6O3/c1-43-24-12-17(23(41)14-20-13-19(6-9-36-20)31(32,33)34)3-5-22(24)25-26-27(35)37-10-11-39(26)28(38-25)18-2-4-21-15-30(7-8-30)29(42)40(21)16-18/h3,5-6,9-13,18,21H,2,4,7-8,14-16H2,1H3,(H2,35,37)/t18-,21+/m0/s1. The lowest BCUT2D eigenvalue weighted by Gasteiger charge is -2.34. The number of carbonyl (C=O) groups excluding carboxylic acids is 2. The highest BCUT2D eigenvalue weighted by Crippen LogP contribution is 2.58. The molecule has 3 aromatic heterocycles. The molecule has 0 radical (unpaired) electrons. The Labute approximate surface area is 244 Å². The van der Waals surface area contributed by atoms with Gasteiger partial charge in [0.1, 0.15) is 28.6 Å². The van der Waals surface area contributed by atoms with E-state index in [1.807, 2.05) is 15.5 Å². The molecule has 222 valence electrons. The average Bonchev–Trinajstić information content (AvgIpc) is 3.59. The number of nitrogens with two attached hydrogens (primary N) is 1. The van der Waals surface area contributed by atoms with Gasteiger partial charge in [-0.2, -0.15) is 13.2 Å². The summed E-state index contributed by atoms with van der Waals surface area (Å²) in [6.07, 6.45) is 4.36. The molecule has 1 spiro atoms. The molecule has 0 unspecified atom stereocenters. The first kappa shape index (κ1) is 27.4. The minimum atomic E-state index is -4.53. The van der Waals surface area contributed by atoms with Gasteiger partial charge >= 0.3 is 6.18 Å². The van der Waals surface area contributed by atoms with Gasteiger partial charge in [-0.15, -0.1) is 0 Å². The Balaban J connectivity index is 1.21. The Hall–Kier alpha value is -4.48. The van der Waals surface area contributed by atoms with E-state index in [1.54, 1.807) is 24.4 Å². The maximum absolute atomic E-state index is 13.2. The van der Waals surface area contributed by atoms with E-state index in [9.17, 15) is 22.8 Å². The van der Waals surface area contributed by atoms with Crippen LogP contribution in [0.1, 0.15) is 65.5 Å². The molecule has 7 rings (SSSR count). The number of piperidine rings is 1. The third kappa shape index (κ3) is 4.59. The zero-order valence-corrected chi connectivity index (χ0v) is 23.4. The van der Waals surface area contributed by atoms with Crippen molar-refractivity contribution in [2.24, 2.45) is 5.41 Å². The maximum atomic E-state index is 13.2. The van der Waals surface area contributed by atoms with E-state index in [0.29, 0.717) is 35.1 Å². The minimum absolute atomic E-state index is 0.00366. The predicted octanol–water partition coefficient (Wildman–Crippen LogP) is 5.08. The molecule has 2 aliphatic heterocycles. The van der Waals surface area contributed by atoms with Gasteiger partial charge in [-0.3, -0.25) is 19.0 Å². The molecule has 12 heteroatoms. The molecule has 43 heavy (non-hydrogen) atoms. The van der Waals surface area contributed by atoms with Crippen LogP contribution in [0, 0.1) is 5.41 Å². The van der Waals surface area contributed by atoms with Crippen LogP contribution in [-0.2, 0) is 17.4 Å². The van der Waals surface area contributed by atoms with E-state index >= 15 is 0 Å². The molecule has 1 aromatic carbocycles. The fraction of sp³-hybridized carbons (Fsp3) is 0.387. The van der Waals surface area contributed by atoms with Gasteiger partial charge in [0.05, 0.1) is 24.5 Å². The summed E-state index contributed by atoms with van der Waals surface area (Å²) in [5, 5.41) is 0. The summed E-state index contributed by atoms with van der Waals surface area (Å²) in [5.41, 5.74) is 7.37. The molecule has 1 aliphatic carbocycles. The molecule has 1 amide bonds. The number of rotatable bonds is 6. The zero-order valence-electron chi connectivity index (χ0n) is 23.4. The highest BCUT2D eigenvalue weighted by Gasteiger charge is 2.60. The molecule has 5 heterocycles. The molecular weight excluding hydrogens is 561 g/mol. The number of nitrogens with zero attached hydrogens (tertiary/aromatic N) is 5. The molecular formula is C31H29F3N6O3. The van der Waals surface area contributed by atoms with Crippen molar-refractivity contribution >= 4 is 23.0 Å². The Bertz CT molecular complexity index is 1780. The number of benzene rings is 1. The normalized spacial score (nSPS) is 20.9. The molecule has 2 saturated heterocycles. The molecule has 3 fully saturated rings. The molecule has 4 aromatic rings. The summed E-state index contributed by atoms with van der Waals surface area (Å²) in [6, 6.07) is 6.88. The van der Waals surface area contributed by atoms with Crippen LogP contribution in [0.5, 0.6) is 5.75 Å². The van der Waals surface area contributed by atoms with Gasteiger partial charge in [0.15, 0.2) is 5.78 Å². The van der Waals surface area contributed by atoms with Crippen LogP contribution in [0.3, 0.4) is 0 Å². The van der Waals surface area contributed by atoms with Gasteiger partial charge in [-0.05, 0) is 56.4 Å². The number of Topliss-reactive ketones (excluding diaryl/α,β-unsaturated/α-hetero) is 1. The lowest BCUT2D eigenvalue weighted by Crippen LogP contribution is -2.41. The maximum Gasteiger partial charge on any atom is 0.416 e. The highest BCUT2D eigenvalue weighted by molar-refractivity contribution is 5.99. The van der Waals surface area contributed by atoms with Crippen LogP contribution in [0.15, 0.2) is 48.9 Å².